The molecule has 0 aromatic heterocycles. The van der Waals surface area contributed by atoms with Gasteiger partial charge in [-0.25, -0.2) is 0 Å². The van der Waals surface area contributed by atoms with E-state index in [9.17, 15) is 31.1 Å². The molecule has 3 nitrogen and oxygen atoms in total. The molecular formula is C15H11F6NO2. The van der Waals surface area contributed by atoms with Gasteiger partial charge in [-0.2, -0.15) is 26.3 Å². The summed E-state index contributed by atoms with van der Waals surface area (Å²) in [7, 11) is 0. The van der Waals surface area contributed by atoms with Crippen LogP contribution >= 0.6 is 0 Å². The Hall–Kier alpha value is -2.32. The zero-order chi connectivity index (χ0) is 18.3. The maximum atomic E-state index is 12.9. The van der Waals surface area contributed by atoms with E-state index in [2.05, 4.69) is 4.99 Å². The number of carboxylic acids is 1. The van der Waals surface area contributed by atoms with Crippen LogP contribution in [0.2, 0.25) is 0 Å². The third kappa shape index (κ3) is 3.95. The van der Waals surface area contributed by atoms with E-state index < -0.39 is 35.9 Å². The molecular weight excluding hydrogens is 340 g/mol. The monoisotopic (exact) mass is 351 g/mol. The molecule has 130 valence electrons. The number of rotatable bonds is 3. The molecule has 0 radical (unpaired) electrons. The minimum absolute atomic E-state index is 0.0379. The Kier molecular flexibility index (Phi) is 4.47. The SMILES string of the molecule is CC1=C(c2cc(C(F)(F)F)cc(C(F)(F)F)c2)N=C(CC(=O)O)C1. The van der Waals surface area contributed by atoms with Gasteiger partial charge in [0.25, 0.3) is 0 Å². The molecule has 1 heterocycles. The van der Waals surface area contributed by atoms with Gasteiger partial charge in [0.2, 0.25) is 0 Å². The largest absolute Gasteiger partial charge is 0.481 e. The predicted octanol–water partition coefficient (Wildman–Crippen LogP) is 4.77. The van der Waals surface area contributed by atoms with Crippen molar-refractivity contribution in [2.75, 3.05) is 0 Å². The highest BCUT2D eigenvalue weighted by molar-refractivity contribution is 6.05. The summed E-state index contributed by atoms with van der Waals surface area (Å²) in [5.41, 5.74) is -2.67. The van der Waals surface area contributed by atoms with Gasteiger partial charge in [0.15, 0.2) is 0 Å². The number of nitrogens with zero attached hydrogens (tertiary/aromatic N) is 1. The molecule has 1 aliphatic heterocycles. The second-order valence-electron chi connectivity index (χ2n) is 5.35. The van der Waals surface area contributed by atoms with Crippen LogP contribution in [-0.4, -0.2) is 16.8 Å². The van der Waals surface area contributed by atoms with Crippen molar-refractivity contribution in [2.45, 2.75) is 32.1 Å². The van der Waals surface area contributed by atoms with Crippen LogP contribution in [0.3, 0.4) is 0 Å². The normalized spacial score (nSPS) is 15.7. The number of carbonyl (C=O) groups is 1. The van der Waals surface area contributed by atoms with E-state index in [-0.39, 0.29) is 29.5 Å². The average molecular weight is 351 g/mol. The van der Waals surface area contributed by atoms with Crippen LogP contribution < -0.4 is 0 Å². The lowest BCUT2D eigenvalue weighted by atomic mass is 10.0. The Morgan fingerprint density at radius 3 is 2.00 bits per heavy atom. The lowest BCUT2D eigenvalue weighted by Crippen LogP contribution is -2.11. The van der Waals surface area contributed by atoms with E-state index in [1.54, 1.807) is 0 Å². The summed E-state index contributed by atoms with van der Waals surface area (Å²) in [6.45, 7) is 1.49. The van der Waals surface area contributed by atoms with E-state index in [4.69, 9.17) is 5.11 Å². The van der Waals surface area contributed by atoms with E-state index >= 15 is 0 Å². The molecule has 0 atom stereocenters. The summed E-state index contributed by atoms with van der Waals surface area (Å²) in [5, 5.41) is 8.72. The van der Waals surface area contributed by atoms with Crippen molar-refractivity contribution >= 4 is 17.4 Å². The van der Waals surface area contributed by atoms with Gasteiger partial charge in [0.1, 0.15) is 0 Å². The number of alkyl halides is 6. The highest BCUT2D eigenvalue weighted by Gasteiger charge is 2.37. The Morgan fingerprint density at radius 1 is 1.08 bits per heavy atom. The summed E-state index contributed by atoms with van der Waals surface area (Å²) < 4.78 is 77.2. The molecule has 0 unspecified atom stereocenters. The molecule has 0 bridgehead atoms. The zero-order valence-electron chi connectivity index (χ0n) is 12.2. The van der Waals surface area contributed by atoms with Crippen LogP contribution in [0.4, 0.5) is 26.3 Å². The molecule has 9 heteroatoms. The van der Waals surface area contributed by atoms with Crippen molar-refractivity contribution in [1.29, 1.82) is 0 Å². The lowest BCUT2D eigenvalue weighted by Gasteiger charge is -2.14. The molecule has 1 N–H and O–H groups in total. The number of allylic oxidation sites excluding steroid dienone is 1. The van der Waals surface area contributed by atoms with E-state index in [0.29, 0.717) is 17.7 Å². The molecule has 0 saturated heterocycles. The first-order chi connectivity index (χ1) is 10.9. The molecule has 0 fully saturated rings. The first-order valence-electron chi connectivity index (χ1n) is 6.66. The van der Waals surface area contributed by atoms with Crippen molar-refractivity contribution in [3.63, 3.8) is 0 Å². The number of aliphatic imine (C=N–C) groups is 1. The second-order valence-corrected chi connectivity index (χ2v) is 5.35. The maximum absolute atomic E-state index is 12.9. The third-order valence-electron chi connectivity index (χ3n) is 3.36. The smallest absolute Gasteiger partial charge is 0.416 e. The van der Waals surface area contributed by atoms with Gasteiger partial charge >= 0.3 is 18.3 Å². The van der Waals surface area contributed by atoms with Crippen molar-refractivity contribution in [3.05, 3.63) is 40.5 Å². The molecule has 0 amide bonds. The van der Waals surface area contributed by atoms with Gasteiger partial charge in [-0.05, 0) is 30.7 Å². The highest BCUT2D eigenvalue weighted by Crippen LogP contribution is 2.39. The molecule has 1 aromatic carbocycles. The third-order valence-corrected chi connectivity index (χ3v) is 3.36. The quantitative estimate of drug-likeness (QED) is 0.797. The number of halogens is 6. The van der Waals surface area contributed by atoms with Crippen LogP contribution in [0.5, 0.6) is 0 Å². The van der Waals surface area contributed by atoms with Gasteiger partial charge in [-0.1, -0.05) is 0 Å². The Bertz CT molecular complexity index is 711. The van der Waals surface area contributed by atoms with Gasteiger partial charge in [-0.15, -0.1) is 0 Å². The van der Waals surface area contributed by atoms with E-state index in [1.807, 2.05) is 0 Å². The first kappa shape index (κ1) is 18.0. The fourth-order valence-corrected chi connectivity index (χ4v) is 2.36. The number of carboxylic acid groups (broad SMARTS) is 1. The Labute approximate surface area is 132 Å². The zero-order valence-corrected chi connectivity index (χ0v) is 12.2. The summed E-state index contributed by atoms with van der Waals surface area (Å²) in [6.07, 6.45) is -10.2. The van der Waals surface area contributed by atoms with Crippen LogP contribution in [-0.2, 0) is 17.1 Å². The van der Waals surface area contributed by atoms with Gasteiger partial charge in [0, 0.05) is 17.7 Å². The van der Waals surface area contributed by atoms with Gasteiger partial charge < -0.3 is 5.11 Å². The van der Waals surface area contributed by atoms with Crippen molar-refractivity contribution in [1.82, 2.24) is 0 Å². The van der Waals surface area contributed by atoms with Crippen molar-refractivity contribution < 1.29 is 36.2 Å². The lowest BCUT2D eigenvalue weighted by molar-refractivity contribution is -0.143. The number of aliphatic carboxylic acids is 1. The molecule has 2 rings (SSSR count). The number of hydrogen-bond donors (Lipinski definition) is 1. The maximum Gasteiger partial charge on any atom is 0.416 e. The number of hydrogen-bond acceptors (Lipinski definition) is 2. The topological polar surface area (TPSA) is 49.7 Å². The minimum atomic E-state index is -4.95. The van der Waals surface area contributed by atoms with Gasteiger partial charge in [-0.3, -0.25) is 9.79 Å². The molecule has 1 aliphatic rings. The molecule has 1 aromatic rings. The van der Waals surface area contributed by atoms with Crippen LogP contribution in [0.25, 0.3) is 5.70 Å². The fourth-order valence-electron chi connectivity index (χ4n) is 2.36. The fraction of sp³-hybridized carbons (Fsp3) is 0.333. The van der Waals surface area contributed by atoms with Crippen molar-refractivity contribution in [3.8, 4) is 0 Å². The average Bonchev–Trinajstić information content (AvgIpc) is 2.76. The Morgan fingerprint density at radius 2 is 1.58 bits per heavy atom. The standard InChI is InChI=1S/C15H11F6NO2/c1-7-2-11(6-12(23)24)22-13(7)8-3-9(14(16,17)18)5-10(4-8)15(19,20)21/h3-5H,2,6H2,1H3,(H,23,24). The van der Waals surface area contributed by atoms with Crippen molar-refractivity contribution in [2.24, 2.45) is 4.99 Å². The molecule has 24 heavy (non-hydrogen) atoms. The summed E-state index contributed by atoms with van der Waals surface area (Å²) in [6, 6.07) is 1.21. The highest BCUT2D eigenvalue weighted by atomic mass is 19.4. The molecule has 0 spiro atoms. The summed E-state index contributed by atoms with van der Waals surface area (Å²) >= 11 is 0. The number of benzene rings is 1. The first-order valence-corrected chi connectivity index (χ1v) is 6.66. The minimum Gasteiger partial charge on any atom is -0.481 e. The van der Waals surface area contributed by atoms with Crippen LogP contribution in [0.1, 0.15) is 36.5 Å². The Balaban J connectivity index is 2.56. The van der Waals surface area contributed by atoms with Crippen LogP contribution in [0.15, 0.2) is 28.8 Å². The molecule has 0 saturated carbocycles. The van der Waals surface area contributed by atoms with Gasteiger partial charge in [0.05, 0.1) is 23.2 Å². The van der Waals surface area contributed by atoms with E-state index in [0.717, 1.165) is 0 Å². The summed E-state index contributed by atoms with van der Waals surface area (Å²) in [4.78, 5) is 14.6. The summed E-state index contributed by atoms with van der Waals surface area (Å²) in [5.74, 6) is -1.18. The molecule has 0 aliphatic carbocycles. The van der Waals surface area contributed by atoms with Crippen LogP contribution in [0, 0.1) is 0 Å². The second kappa shape index (κ2) is 5.95. The van der Waals surface area contributed by atoms with E-state index in [1.165, 1.54) is 6.92 Å². The predicted molar refractivity (Wildman–Crippen MR) is 73.3 cm³/mol.